The zero-order chi connectivity index (χ0) is 27.0. The molecule has 0 heteroatoms. The number of hydrogen-bond donors (Lipinski definition) is 0. The Labute approximate surface area is 235 Å². The molecule has 0 spiro atoms. The molecule has 9 rings (SSSR count). The van der Waals surface area contributed by atoms with E-state index in [0.717, 1.165) is 0 Å². The van der Waals surface area contributed by atoms with Crippen LogP contribution in [0.2, 0.25) is 0 Å². The molecule has 0 aromatic heterocycles. The van der Waals surface area contributed by atoms with E-state index in [9.17, 15) is 0 Å². The van der Waals surface area contributed by atoms with Gasteiger partial charge in [-0.1, -0.05) is 131 Å². The molecule has 0 heterocycles. The fourth-order valence-electron chi connectivity index (χ4n) is 8.41. The van der Waals surface area contributed by atoms with Gasteiger partial charge in [0, 0.05) is 10.8 Å². The molecular weight excluding hydrogens is 480 g/mol. The summed E-state index contributed by atoms with van der Waals surface area (Å²) in [6.45, 7) is 9.72. The molecule has 7 aromatic rings. The normalized spacial score (nSPS) is 15.9. The molecule has 0 saturated carbocycles. The Bertz CT molecular complexity index is 2190. The molecule has 0 amide bonds. The highest BCUT2D eigenvalue weighted by Crippen LogP contribution is 2.61. The topological polar surface area (TPSA) is 0 Å². The minimum Gasteiger partial charge on any atom is -0.0619 e. The van der Waals surface area contributed by atoms with Gasteiger partial charge in [0.25, 0.3) is 0 Å². The van der Waals surface area contributed by atoms with E-state index in [0.29, 0.717) is 0 Å². The summed E-state index contributed by atoms with van der Waals surface area (Å²) in [5, 5.41) is 8.05. The lowest BCUT2D eigenvalue weighted by atomic mass is 9.71. The predicted octanol–water partition coefficient (Wildman–Crippen LogP) is 10.9. The Morgan fingerprint density at radius 1 is 0.400 bits per heavy atom. The van der Waals surface area contributed by atoms with Crippen LogP contribution in [0.4, 0.5) is 0 Å². The molecule has 2 aliphatic carbocycles. The van der Waals surface area contributed by atoms with Gasteiger partial charge >= 0.3 is 0 Å². The first kappa shape index (κ1) is 22.4. The van der Waals surface area contributed by atoms with Crippen molar-refractivity contribution in [2.24, 2.45) is 0 Å². The van der Waals surface area contributed by atoms with Gasteiger partial charge in [-0.3, -0.25) is 0 Å². The lowest BCUT2D eigenvalue weighted by molar-refractivity contribution is 0.601. The highest BCUT2D eigenvalue weighted by Gasteiger charge is 2.46. The first-order valence-corrected chi connectivity index (χ1v) is 14.5. The average molecular weight is 511 g/mol. The van der Waals surface area contributed by atoms with Crippen LogP contribution in [0.3, 0.4) is 0 Å². The number of benzene rings is 7. The highest BCUT2D eigenvalue weighted by atomic mass is 14.5. The van der Waals surface area contributed by atoms with Crippen molar-refractivity contribution in [2.45, 2.75) is 38.5 Å². The number of hydrogen-bond acceptors (Lipinski definition) is 0. The van der Waals surface area contributed by atoms with Crippen molar-refractivity contribution in [2.75, 3.05) is 0 Å². The molecule has 40 heavy (non-hydrogen) atoms. The largest absolute Gasteiger partial charge is 0.0619 e. The van der Waals surface area contributed by atoms with E-state index in [4.69, 9.17) is 0 Å². The van der Waals surface area contributed by atoms with Crippen molar-refractivity contribution in [1.82, 2.24) is 0 Å². The molecule has 0 aliphatic heterocycles. The monoisotopic (exact) mass is 510 g/mol. The zero-order valence-corrected chi connectivity index (χ0v) is 23.4. The van der Waals surface area contributed by atoms with Crippen molar-refractivity contribution in [3.63, 3.8) is 0 Å². The molecule has 0 fully saturated rings. The Morgan fingerprint density at radius 3 is 1.73 bits per heavy atom. The first-order chi connectivity index (χ1) is 19.4. The molecule has 2 aliphatic rings. The second-order valence-electron chi connectivity index (χ2n) is 12.9. The van der Waals surface area contributed by atoms with E-state index in [1.165, 1.54) is 88.0 Å². The lowest BCUT2D eigenvalue weighted by Gasteiger charge is -2.31. The summed E-state index contributed by atoms with van der Waals surface area (Å²) in [6, 6.07) is 41.4. The summed E-state index contributed by atoms with van der Waals surface area (Å²) in [4.78, 5) is 0. The van der Waals surface area contributed by atoms with E-state index in [2.05, 4.69) is 137 Å². The Kier molecular flexibility index (Phi) is 4.03. The third-order valence-electron chi connectivity index (χ3n) is 10.2. The van der Waals surface area contributed by atoms with E-state index in [-0.39, 0.29) is 10.8 Å². The van der Waals surface area contributed by atoms with Crippen LogP contribution < -0.4 is 0 Å². The summed E-state index contributed by atoms with van der Waals surface area (Å²) in [7, 11) is 0. The summed E-state index contributed by atoms with van der Waals surface area (Å²) in [5.41, 5.74) is 14.0. The zero-order valence-electron chi connectivity index (χ0n) is 23.4. The maximum atomic E-state index is 2.53. The summed E-state index contributed by atoms with van der Waals surface area (Å²) in [5.74, 6) is 0. The van der Waals surface area contributed by atoms with Gasteiger partial charge in [0.05, 0.1) is 0 Å². The fraction of sp³-hybridized carbons (Fsp3) is 0.150. The Morgan fingerprint density at radius 2 is 0.975 bits per heavy atom. The number of fused-ring (bicyclic) bond motifs is 7. The maximum Gasteiger partial charge on any atom is 0.0162 e. The van der Waals surface area contributed by atoms with Crippen LogP contribution in [0.1, 0.15) is 49.9 Å². The van der Waals surface area contributed by atoms with E-state index in [1.807, 2.05) is 0 Å². The van der Waals surface area contributed by atoms with Gasteiger partial charge in [0.2, 0.25) is 0 Å². The molecule has 190 valence electrons. The summed E-state index contributed by atoms with van der Waals surface area (Å²) < 4.78 is 0. The SMILES string of the molecule is CC1(C)c2ccccc2-c2cc(-c3ccc4ccc5cccc6ccc3c4c56)c3c(c21)C(C)(C)c1ccccc1-3. The lowest BCUT2D eigenvalue weighted by Crippen LogP contribution is -2.24. The van der Waals surface area contributed by atoms with Crippen molar-refractivity contribution in [1.29, 1.82) is 0 Å². The minimum atomic E-state index is -0.0882. The molecule has 0 radical (unpaired) electrons. The van der Waals surface area contributed by atoms with Crippen molar-refractivity contribution in [3.05, 3.63) is 131 Å². The van der Waals surface area contributed by atoms with Gasteiger partial charge in [-0.05, 0) is 94.0 Å². The van der Waals surface area contributed by atoms with Gasteiger partial charge in [0.15, 0.2) is 0 Å². The van der Waals surface area contributed by atoms with Crippen molar-refractivity contribution < 1.29 is 0 Å². The predicted molar refractivity (Wildman–Crippen MR) is 171 cm³/mol. The maximum absolute atomic E-state index is 2.53. The summed E-state index contributed by atoms with van der Waals surface area (Å²) >= 11 is 0. The van der Waals surface area contributed by atoms with Gasteiger partial charge in [-0.25, -0.2) is 0 Å². The second kappa shape index (κ2) is 7.20. The van der Waals surface area contributed by atoms with Crippen LogP contribution in [0.25, 0.3) is 65.7 Å². The molecule has 7 aromatic carbocycles. The van der Waals surface area contributed by atoms with E-state index >= 15 is 0 Å². The second-order valence-corrected chi connectivity index (χ2v) is 12.9. The highest BCUT2D eigenvalue weighted by molar-refractivity contribution is 6.26. The molecule has 0 unspecified atom stereocenters. The smallest absolute Gasteiger partial charge is 0.0162 e. The Hall–Kier alpha value is -4.42. The standard InChI is InChI=1S/C40H30/c1-39(2)32-14-7-5-12-27(32)31-22-30(36-29-13-6-8-15-33(29)40(3,4)38(36)37(31)39)26-20-18-25-17-16-23-10-9-11-24-19-21-28(26)35(25)34(23)24/h5-22H,1-4H3. The Balaban J connectivity index is 1.49. The molecule has 0 N–H and O–H groups in total. The van der Waals surface area contributed by atoms with Crippen molar-refractivity contribution >= 4 is 32.3 Å². The molecule has 0 atom stereocenters. The number of rotatable bonds is 1. The van der Waals surface area contributed by atoms with Gasteiger partial charge < -0.3 is 0 Å². The fourth-order valence-corrected chi connectivity index (χ4v) is 8.41. The van der Waals surface area contributed by atoms with Crippen LogP contribution in [-0.4, -0.2) is 0 Å². The molecular formula is C40H30. The minimum absolute atomic E-state index is 0.0590. The molecule has 0 bridgehead atoms. The average Bonchev–Trinajstić information content (AvgIpc) is 3.35. The van der Waals surface area contributed by atoms with Crippen LogP contribution in [0.5, 0.6) is 0 Å². The third kappa shape index (κ3) is 2.53. The van der Waals surface area contributed by atoms with Crippen molar-refractivity contribution in [3.8, 4) is 33.4 Å². The van der Waals surface area contributed by atoms with Crippen LogP contribution in [0, 0.1) is 0 Å². The molecule has 0 nitrogen and oxygen atoms in total. The van der Waals surface area contributed by atoms with Crippen LogP contribution in [0.15, 0.2) is 109 Å². The third-order valence-corrected chi connectivity index (χ3v) is 10.2. The van der Waals surface area contributed by atoms with Crippen LogP contribution >= 0.6 is 0 Å². The van der Waals surface area contributed by atoms with Gasteiger partial charge in [0.1, 0.15) is 0 Å². The first-order valence-electron chi connectivity index (χ1n) is 14.5. The van der Waals surface area contributed by atoms with E-state index in [1.54, 1.807) is 0 Å². The summed E-state index contributed by atoms with van der Waals surface area (Å²) in [6.07, 6.45) is 0. The van der Waals surface area contributed by atoms with Crippen LogP contribution in [-0.2, 0) is 10.8 Å². The van der Waals surface area contributed by atoms with Gasteiger partial charge in [-0.2, -0.15) is 0 Å². The van der Waals surface area contributed by atoms with E-state index < -0.39 is 0 Å². The van der Waals surface area contributed by atoms with Gasteiger partial charge in [-0.15, -0.1) is 0 Å². The quantitative estimate of drug-likeness (QED) is 0.193. The molecule has 0 saturated heterocycles.